The molecule has 0 aliphatic carbocycles. The minimum Gasteiger partial charge on any atom is -0.330 e. The van der Waals surface area contributed by atoms with Gasteiger partial charge in [-0.2, -0.15) is 0 Å². The minimum absolute atomic E-state index is 0.737. The first kappa shape index (κ1) is 9.49. The second-order valence-corrected chi connectivity index (χ2v) is 3.98. The zero-order valence-corrected chi connectivity index (χ0v) is 8.45. The maximum Gasteiger partial charge on any atom is 0.00891 e. The van der Waals surface area contributed by atoms with Gasteiger partial charge in [0, 0.05) is 4.88 Å². The van der Waals surface area contributed by atoms with E-state index in [0.29, 0.717) is 0 Å². The molecular formula is C10H15NS. The van der Waals surface area contributed by atoms with Gasteiger partial charge in [-0.05, 0) is 49.4 Å². The Kier molecular flexibility index (Phi) is 3.50. The van der Waals surface area contributed by atoms with E-state index in [0.717, 1.165) is 13.0 Å². The van der Waals surface area contributed by atoms with Crippen LogP contribution in [0.3, 0.4) is 0 Å². The van der Waals surface area contributed by atoms with Crippen molar-refractivity contribution in [3.05, 3.63) is 28.0 Å². The molecule has 1 aromatic rings. The zero-order chi connectivity index (χ0) is 8.97. The van der Waals surface area contributed by atoms with Gasteiger partial charge in [-0.3, -0.25) is 0 Å². The van der Waals surface area contributed by atoms with Crippen molar-refractivity contribution in [2.75, 3.05) is 6.54 Å². The lowest BCUT2D eigenvalue weighted by Crippen LogP contribution is -1.95. The Hall–Kier alpha value is -0.600. The van der Waals surface area contributed by atoms with E-state index in [2.05, 4.69) is 31.4 Å². The molecule has 0 aliphatic heterocycles. The zero-order valence-electron chi connectivity index (χ0n) is 7.63. The molecule has 0 bridgehead atoms. The predicted octanol–water partition coefficient (Wildman–Crippen LogP) is 2.81. The van der Waals surface area contributed by atoms with Crippen molar-refractivity contribution in [2.24, 2.45) is 5.73 Å². The van der Waals surface area contributed by atoms with Crippen LogP contribution in [0, 0.1) is 6.92 Å². The van der Waals surface area contributed by atoms with E-state index in [-0.39, 0.29) is 0 Å². The van der Waals surface area contributed by atoms with Gasteiger partial charge in [0.15, 0.2) is 0 Å². The Bertz CT molecular complexity index is 273. The summed E-state index contributed by atoms with van der Waals surface area (Å²) in [7, 11) is 0. The van der Waals surface area contributed by atoms with Crippen molar-refractivity contribution in [2.45, 2.75) is 20.3 Å². The SMILES string of the molecule is C/C(=C/CCN)c1ccsc1C. The lowest BCUT2D eigenvalue weighted by Gasteiger charge is -1.98. The van der Waals surface area contributed by atoms with Gasteiger partial charge >= 0.3 is 0 Å². The molecule has 0 atom stereocenters. The number of rotatable bonds is 3. The molecule has 0 fully saturated rings. The highest BCUT2D eigenvalue weighted by Crippen LogP contribution is 2.23. The monoisotopic (exact) mass is 181 g/mol. The van der Waals surface area contributed by atoms with Crippen LogP contribution in [-0.4, -0.2) is 6.54 Å². The van der Waals surface area contributed by atoms with Crippen molar-refractivity contribution in [3.63, 3.8) is 0 Å². The van der Waals surface area contributed by atoms with E-state index < -0.39 is 0 Å². The summed E-state index contributed by atoms with van der Waals surface area (Å²) in [6.45, 7) is 5.03. The van der Waals surface area contributed by atoms with Crippen LogP contribution < -0.4 is 5.73 Å². The maximum atomic E-state index is 5.43. The largest absolute Gasteiger partial charge is 0.330 e. The number of hydrogen-bond acceptors (Lipinski definition) is 2. The molecule has 2 heteroatoms. The third kappa shape index (κ3) is 2.19. The van der Waals surface area contributed by atoms with Crippen LogP contribution in [0.15, 0.2) is 17.5 Å². The Morgan fingerprint density at radius 2 is 2.42 bits per heavy atom. The van der Waals surface area contributed by atoms with Gasteiger partial charge in [0.25, 0.3) is 0 Å². The highest BCUT2D eigenvalue weighted by molar-refractivity contribution is 7.10. The molecule has 0 saturated heterocycles. The summed E-state index contributed by atoms with van der Waals surface area (Å²) in [6, 6.07) is 2.17. The standard InChI is InChI=1S/C10H15NS/c1-8(4-3-6-11)10-5-7-12-9(10)2/h4-5,7H,3,6,11H2,1-2H3/b8-4-. The number of allylic oxidation sites excluding steroid dienone is 1. The molecule has 12 heavy (non-hydrogen) atoms. The molecule has 0 spiro atoms. The highest BCUT2D eigenvalue weighted by Gasteiger charge is 1.99. The van der Waals surface area contributed by atoms with Crippen LogP contribution in [0.4, 0.5) is 0 Å². The predicted molar refractivity (Wildman–Crippen MR) is 56.4 cm³/mol. The second-order valence-electron chi connectivity index (χ2n) is 2.85. The molecule has 1 rings (SSSR count). The Balaban J connectivity index is 2.77. The minimum atomic E-state index is 0.737. The molecule has 1 nitrogen and oxygen atoms in total. The molecule has 0 amide bonds. The summed E-state index contributed by atoms with van der Waals surface area (Å²) < 4.78 is 0. The molecule has 1 heterocycles. The van der Waals surface area contributed by atoms with E-state index in [1.54, 1.807) is 11.3 Å². The fourth-order valence-corrected chi connectivity index (χ4v) is 1.97. The van der Waals surface area contributed by atoms with Gasteiger partial charge in [0.1, 0.15) is 0 Å². The Morgan fingerprint density at radius 1 is 1.67 bits per heavy atom. The van der Waals surface area contributed by atoms with Crippen molar-refractivity contribution in [1.82, 2.24) is 0 Å². The number of thiophene rings is 1. The van der Waals surface area contributed by atoms with Crippen LogP contribution in [0.25, 0.3) is 5.57 Å². The summed E-state index contributed by atoms with van der Waals surface area (Å²) in [5, 5.41) is 2.13. The quantitative estimate of drug-likeness (QED) is 0.762. The topological polar surface area (TPSA) is 26.0 Å². The molecular weight excluding hydrogens is 166 g/mol. The van der Waals surface area contributed by atoms with Crippen molar-refractivity contribution in [3.8, 4) is 0 Å². The molecule has 0 aromatic carbocycles. The van der Waals surface area contributed by atoms with Crippen molar-refractivity contribution < 1.29 is 0 Å². The molecule has 66 valence electrons. The van der Waals surface area contributed by atoms with Crippen LogP contribution in [0.2, 0.25) is 0 Å². The molecule has 0 saturated carbocycles. The fourth-order valence-electron chi connectivity index (χ4n) is 1.20. The molecule has 2 N–H and O–H groups in total. The average Bonchev–Trinajstić information content (AvgIpc) is 2.47. The average molecular weight is 181 g/mol. The van der Waals surface area contributed by atoms with Crippen molar-refractivity contribution >= 4 is 16.9 Å². The maximum absolute atomic E-state index is 5.43. The normalized spacial score (nSPS) is 12.1. The first-order chi connectivity index (χ1) is 5.75. The van der Waals surface area contributed by atoms with Crippen LogP contribution in [0.5, 0.6) is 0 Å². The van der Waals surface area contributed by atoms with Gasteiger partial charge in [-0.25, -0.2) is 0 Å². The van der Waals surface area contributed by atoms with Crippen LogP contribution in [-0.2, 0) is 0 Å². The highest BCUT2D eigenvalue weighted by atomic mass is 32.1. The van der Waals surface area contributed by atoms with E-state index in [9.17, 15) is 0 Å². The summed E-state index contributed by atoms with van der Waals surface area (Å²) in [5.41, 5.74) is 8.14. The third-order valence-electron chi connectivity index (χ3n) is 1.90. The van der Waals surface area contributed by atoms with E-state index in [1.165, 1.54) is 16.0 Å². The lowest BCUT2D eigenvalue weighted by molar-refractivity contribution is 1.01. The fraction of sp³-hybridized carbons (Fsp3) is 0.400. The summed E-state index contributed by atoms with van der Waals surface area (Å²) in [6.07, 6.45) is 3.18. The number of hydrogen-bond donors (Lipinski definition) is 1. The second kappa shape index (κ2) is 4.43. The molecule has 0 aliphatic rings. The summed E-state index contributed by atoms with van der Waals surface area (Å²) in [5.74, 6) is 0. The van der Waals surface area contributed by atoms with Gasteiger partial charge in [0.05, 0.1) is 0 Å². The van der Waals surface area contributed by atoms with E-state index in [4.69, 9.17) is 5.73 Å². The van der Waals surface area contributed by atoms with E-state index in [1.807, 2.05) is 0 Å². The first-order valence-electron chi connectivity index (χ1n) is 4.17. The summed E-state index contributed by atoms with van der Waals surface area (Å²) >= 11 is 1.79. The molecule has 0 radical (unpaired) electrons. The molecule has 1 aromatic heterocycles. The van der Waals surface area contributed by atoms with Crippen LogP contribution in [0.1, 0.15) is 23.8 Å². The van der Waals surface area contributed by atoms with Gasteiger partial charge < -0.3 is 5.73 Å². The summed E-state index contributed by atoms with van der Waals surface area (Å²) in [4.78, 5) is 1.39. The smallest absolute Gasteiger partial charge is 0.00891 e. The number of aryl methyl sites for hydroxylation is 1. The van der Waals surface area contributed by atoms with E-state index >= 15 is 0 Å². The Labute approximate surface area is 77.9 Å². The van der Waals surface area contributed by atoms with Crippen molar-refractivity contribution in [1.29, 1.82) is 0 Å². The van der Waals surface area contributed by atoms with Gasteiger partial charge in [-0.1, -0.05) is 6.08 Å². The molecule has 0 unspecified atom stereocenters. The first-order valence-corrected chi connectivity index (χ1v) is 5.05. The lowest BCUT2D eigenvalue weighted by atomic mass is 10.1. The van der Waals surface area contributed by atoms with Crippen LogP contribution >= 0.6 is 11.3 Å². The van der Waals surface area contributed by atoms with Gasteiger partial charge in [-0.15, -0.1) is 11.3 Å². The van der Waals surface area contributed by atoms with Gasteiger partial charge in [0.2, 0.25) is 0 Å². The third-order valence-corrected chi connectivity index (χ3v) is 2.75. The Morgan fingerprint density at radius 3 is 2.92 bits per heavy atom. The number of nitrogens with two attached hydrogens (primary N) is 1.